The second-order valence-corrected chi connectivity index (χ2v) is 10.8. The molecule has 2 aromatic heterocycles. The van der Waals surface area contributed by atoms with Crippen molar-refractivity contribution >= 4 is 31.4 Å². The van der Waals surface area contributed by atoms with Gasteiger partial charge < -0.3 is 0 Å². The summed E-state index contributed by atoms with van der Waals surface area (Å²) in [5.74, 6) is 0.429. The first-order valence-corrected chi connectivity index (χ1v) is 11.8. The van der Waals surface area contributed by atoms with E-state index >= 15 is 0 Å². The highest BCUT2D eigenvalue weighted by Gasteiger charge is 2.22. The standard InChI is InChI=1S/C15H18N6O4S3/c1-20(28(24,25)14-7-4-10-26-14)9-8-16-27(22,23)13-6-3-5-12(11-13)15-17-18-19-21(15)2/h3-7,10-11,16H,8-9H2,1-2H3. The van der Waals surface area contributed by atoms with Crippen LogP contribution in [0, 0.1) is 0 Å². The quantitative estimate of drug-likeness (QED) is 0.539. The first-order chi connectivity index (χ1) is 13.2. The molecule has 3 rings (SSSR count). The van der Waals surface area contributed by atoms with Gasteiger partial charge in [0.2, 0.25) is 10.0 Å². The maximum Gasteiger partial charge on any atom is 0.252 e. The molecular formula is C15H18N6O4S3. The number of sulfonamides is 2. The van der Waals surface area contributed by atoms with E-state index in [2.05, 4.69) is 20.2 Å². The lowest BCUT2D eigenvalue weighted by Crippen LogP contribution is -2.35. The topological polar surface area (TPSA) is 127 Å². The van der Waals surface area contributed by atoms with Crippen LogP contribution in [0.25, 0.3) is 11.4 Å². The van der Waals surface area contributed by atoms with Gasteiger partial charge in [0.15, 0.2) is 5.82 Å². The highest BCUT2D eigenvalue weighted by molar-refractivity contribution is 7.91. The fourth-order valence-electron chi connectivity index (χ4n) is 2.38. The normalized spacial score (nSPS) is 12.5. The Bertz CT molecular complexity index is 1160. The van der Waals surface area contributed by atoms with Gasteiger partial charge in [-0.15, -0.1) is 16.4 Å². The molecule has 0 amide bonds. The molecule has 0 saturated heterocycles. The number of rotatable bonds is 8. The monoisotopic (exact) mass is 442 g/mol. The van der Waals surface area contributed by atoms with Crippen LogP contribution < -0.4 is 4.72 Å². The predicted molar refractivity (Wildman–Crippen MR) is 104 cm³/mol. The molecule has 0 aliphatic rings. The van der Waals surface area contributed by atoms with Gasteiger partial charge >= 0.3 is 0 Å². The van der Waals surface area contributed by atoms with Crippen molar-refractivity contribution in [3.8, 4) is 11.4 Å². The Morgan fingerprint density at radius 1 is 1.18 bits per heavy atom. The number of tetrazole rings is 1. The third kappa shape index (κ3) is 4.28. The fourth-order valence-corrected chi connectivity index (χ4v) is 5.82. The Balaban J connectivity index is 1.69. The number of thiophene rings is 1. The molecule has 2 heterocycles. The third-order valence-corrected chi connectivity index (χ3v) is 8.59. The predicted octanol–water partition coefficient (Wildman–Crippen LogP) is 0.538. The van der Waals surface area contributed by atoms with Crippen LogP contribution in [0.15, 0.2) is 50.9 Å². The summed E-state index contributed by atoms with van der Waals surface area (Å²) >= 11 is 1.11. The molecule has 28 heavy (non-hydrogen) atoms. The molecule has 1 N–H and O–H groups in total. The molecule has 0 unspecified atom stereocenters. The Hall–Kier alpha value is -2.19. The molecule has 3 aromatic rings. The van der Waals surface area contributed by atoms with Gasteiger partial charge in [0, 0.05) is 32.7 Å². The number of hydrogen-bond donors (Lipinski definition) is 1. The van der Waals surface area contributed by atoms with Gasteiger partial charge in [0.25, 0.3) is 10.0 Å². The number of likely N-dealkylation sites (N-methyl/N-ethyl adjacent to an activating group) is 1. The first kappa shape index (κ1) is 20.5. The Morgan fingerprint density at radius 2 is 1.96 bits per heavy atom. The average Bonchev–Trinajstić information content (AvgIpc) is 3.33. The Morgan fingerprint density at radius 3 is 2.61 bits per heavy atom. The van der Waals surface area contributed by atoms with Crippen LogP contribution in [0.1, 0.15) is 0 Å². The summed E-state index contributed by atoms with van der Waals surface area (Å²) < 4.78 is 55.0. The van der Waals surface area contributed by atoms with E-state index < -0.39 is 20.0 Å². The van der Waals surface area contributed by atoms with Crippen LogP contribution in [-0.4, -0.2) is 61.5 Å². The number of benzene rings is 1. The molecule has 1 aromatic carbocycles. The zero-order chi connectivity index (χ0) is 20.4. The lowest BCUT2D eigenvalue weighted by Gasteiger charge is -2.16. The second-order valence-electron chi connectivity index (χ2n) is 5.81. The van der Waals surface area contributed by atoms with Crippen molar-refractivity contribution in [1.29, 1.82) is 0 Å². The highest BCUT2D eigenvalue weighted by atomic mass is 32.2. The van der Waals surface area contributed by atoms with Crippen molar-refractivity contribution in [1.82, 2.24) is 29.2 Å². The van der Waals surface area contributed by atoms with E-state index in [4.69, 9.17) is 0 Å². The van der Waals surface area contributed by atoms with E-state index in [1.807, 2.05) is 0 Å². The minimum absolute atomic E-state index is 0.00758. The van der Waals surface area contributed by atoms with Gasteiger partial charge in [-0.2, -0.15) is 4.31 Å². The van der Waals surface area contributed by atoms with Gasteiger partial charge in [-0.3, -0.25) is 0 Å². The van der Waals surface area contributed by atoms with Crippen LogP contribution in [-0.2, 0) is 27.1 Å². The van der Waals surface area contributed by atoms with Crippen LogP contribution in [0.5, 0.6) is 0 Å². The molecule has 0 aliphatic heterocycles. The van der Waals surface area contributed by atoms with Gasteiger partial charge in [-0.25, -0.2) is 26.2 Å². The van der Waals surface area contributed by atoms with Crippen LogP contribution in [0.4, 0.5) is 0 Å². The fraction of sp³-hybridized carbons (Fsp3) is 0.267. The number of aryl methyl sites for hydroxylation is 1. The van der Waals surface area contributed by atoms with Crippen molar-refractivity contribution < 1.29 is 16.8 Å². The van der Waals surface area contributed by atoms with Gasteiger partial charge in [0.05, 0.1) is 4.90 Å². The van der Waals surface area contributed by atoms with E-state index in [-0.39, 0.29) is 22.2 Å². The Kier molecular flexibility index (Phi) is 5.90. The van der Waals surface area contributed by atoms with E-state index in [9.17, 15) is 16.8 Å². The highest BCUT2D eigenvalue weighted by Crippen LogP contribution is 2.20. The van der Waals surface area contributed by atoms with Crippen LogP contribution in [0.3, 0.4) is 0 Å². The average molecular weight is 443 g/mol. The molecule has 0 radical (unpaired) electrons. The number of nitrogens with one attached hydrogen (secondary N) is 1. The lowest BCUT2D eigenvalue weighted by molar-refractivity contribution is 0.470. The van der Waals surface area contributed by atoms with Crippen LogP contribution >= 0.6 is 11.3 Å². The molecule has 150 valence electrons. The summed E-state index contributed by atoms with van der Waals surface area (Å²) in [5, 5.41) is 12.8. The minimum atomic E-state index is -3.83. The largest absolute Gasteiger partial charge is 0.252 e. The molecule has 0 fully saturated rings. The lowest BCUT2D eigenvalue weighted by atomic mass is 10.2. The SMILES string of the molecule is CN(CCNS(=O)(=O)c1cccc(-c2nnnn2C)c1)S(=O)(=O)c1cccs1. The smallest absolute Gasteiger partial charge is 0.229 e. The zero-order valence-corrected chi connectivity index (χ0v) is 17.5. The van der Waals surface area contributed by atoms with Crippen molar-refractivity contribution in [2.24, 2.45) is 7.05 Å². The summed E-state index contributed by atoms with van der Waals surface area (Å²) in [6.45, 7) is -0.0778. The molecule has 0 atom stereocenters. The van der Waals surface area contributed by atoms with E-state index in [0.29, 0.717) is 11.4 Å². The maximum atomic E-state index is 12.6. The summed E-state index contributed by atoms with van der Waals surface area (Å²) in [4.78, 5) is 0.0387. The molecule has 0 aliphatic carbocycles. The van der Waals surface area contributed by atoms with E-state index in [1.54, 1.807) is 30.6 Å². The van der Waals surface area contributed by atoms with E-state index in [0.717, 1.165) is 15.6 Å². The zero-order valence-electron chi connectivity index (χ0n) is 15.0. The number of hydrogen-bond acceptors (Lipinski definition) is 8. The van der Waals surface area contributed by atoms with E-state index in [1.165, 1.54) is 29.9 Å². The van der Waals surface area contributed by atoms with Crippen molar-refractivity contribution in [3.05, 3.63) is 41.8 Å². The van der Waals surface area contributed by atoms with Crippen LogP contribution in [0.2, 0.25) is 0 Å². The molecule has 13 heteroatoms. The summed E-state index contributed by atoms with van der Waals surface area (Å²) in [5.41, 5.74) is 0.549. The van der Waals surface area contributed by atoms with Crippen molar-refractivity contribution in [2.75, 3.05) is 20.1 Å². The maximum absolute atomic E-state index is 12.6. The summed E-state index contributed by atoms with van der Waals surface area (Å²) in [7, 11) is -4.40. The van der Waals surface area contributed by atoms with Gasteiger partial charge in [-0.1, -0.05) is 18.2 Å². The molecule has 0 saturated carbocycles. The second kappa shape index (κ2) is 8.05. The number of aromatic nitrogens is 4. The van der Waals surface area contributed by atoms with Gasteiger partial charge in [0.1, 0.15) is 4.21 Å². The van der Waals surface area contributed by atoms with Crippen molar-refractivity contribution in [2.45, 2.75) is 9.10 Å². The molecular weight excluding hydrogens is 424 g/mol. The molecule has 10 nitrogen and oxygen atoms in total. The van der Waals surface area contributed by atoms with Crippen molar-refractivity contribution in [3.63, 3.8) is 0 Å². The number of nitrogens with zero attached hydrogens (tertiary/aromatic N) is 5. The molecule has 0 spiro atoms. The van der Waals surface area contributed by atoms with Gasteiger partial charge in [-0.05, 0) is 34.0 Å². The summed E-state index contributed by atoms with van der Waals surface area (Å²) in [6, 6.07) is 9.35. The summed E-state index contributed by atoms with van der Waals surface area (Å²) in [6.07, 6.45) is 0. The first-order valence-electron chi connectivity index (χ1n) is 8.04. The third-order valence-electron chi connectivity index (χ3n) is 3.90. The molecule has 0 bridgehead atoms. The Labute approximate surface area is 166 Å². The minimum Gasteiger partial charge on any atom is -0.229 e.